The van der Waals surface area contributed by atoms with Gasteiger partial charge in [-0.3, -0.25) is 14.4 Å². The Morgan fingerprint density at radius 3 is 2.39 bits per heavy atom. The first-order valence-corrected chi connectivity index (χ1v) is 10.9. The SMILES string of the molecule is CC(=O)NCc1ccc(C(=O)COC(=O)c2nn(-c3ccccc3)c(=O)c3ccccc23)s1. The standard InChI is InChI=1S/C24H19N3O5S/c1-15(28)25-13-17-11-12-21(33-17)20(29)14-32-24(31)22-18-9-5-6-10-19(18)23(30)27(26-22)16-7-3-2-4-8-16/h2-12H,13-14H2,1H3,(H,25,28). The molecule has 0 bridgehead atoms. The zero-order valence-corrected chi connectivity index (χ0v) is 18.4. The van der Waals surface area contributed by atoms with E-state index in [2.05, 4.69) is 10.4 Å². The Balaban J connectivity index is 1.57. The van der Waals surface area contributed by atoms with E-state index in [1.807, 2.05) is 6.07 Å². The minimum Gasteiger partial charge on any atom is -0.452 e. The van der Waals surface area contributed by atoms with E-state index >= 15 is 0 Å². The van der Waals surface area contributed by atoms with Crippen LogP contribution in [0.4, 0.5) is 0 Å². The normalized spacial score (nSPS) is 10.7. The van der Waals surface area contributed by atoms with Gasteiger partial charge in [0, 0.05) is 17.2 Å². The molecule has 0 saturated carbocycles. The maximum Gasteiger partial charge on any atom is 0.359 e. The van der Waals surface area contributed by atoms with E-state index in [-0.39, 0.29) is 22.9 Å². The van der Waals surface area contributed by atoms with Gasteiger partial charge in [-0.05, 0) is 30.3 Å². The van der Waals surface area contributed by atoms with Crippen LogP contribution in [-0.4, -0.2) is 34.0 Å². The highest BCUT2D eigenvalue weighted by Crippen LogP contribution is 2.19. The van der Waals surface area contributed by atoms with Crippen molar-refractivity contribution < 1.29 is 19.1 Å². The fourth-order valence-electron chi connectivity index (χ4n) is 3.19. The lowest BCUT2D eigenvalue weighted by Gasteiger charge is -2.10. The Bertz CT molecular complexity index is 1410. The molecule has 0 aliphatic carbocycles. The number of aromatic nitrogens is 2. The molecule has 9 heteroatoms. The Morgan fingerprint density at radius 2 is 1.67 bits per heavy atom. The molecule has 8 nitrogen and oxygen atoms in total. The number of carbonyl (C=O) groups excluding carboxylic acids is 3. The van der Waals surface area contributed by atoms with Gasteiger partial charge in [0.15, 0.2) is 12.3 Å². The molecule has 2 heterocycles. The Morgan fingerprint density at radius 1 is 0.970 bits per heavy atom. The van der Waals surface area contributed by atoms with Crippen LogP contribution in [0.1, 0.15) is 32.0 Å². The summed E-state index contributed by atoms with van der Waals surface area (Å²) in [5.74, 6) is -1.34. The number of hydrogen-bond acceptors (Lipinski definition) is 7. The van der Waals surface area contributed by atoms with E-state index in [1.54, 1.807) is 60.7 Å². The van der Waals surface area contributed by atoms with Gasteiger partial charge >= 0.3 is 5.97 Å². The molecule has 2 aromatic carbocycles. The van der Waals surface area contributed by atoms with Crippen molar-refractivity contribution >= 4 is 39.8 Å². The van der Waals surface area contributed by atoms with Crippen LogP contribution in [0, 0.1) is 0 Å². The van der Waals surface area contributed by atoms with E-state index in [4.69, 9.17) is 4.74 Å². The van der Waals surface area contributed by atoms with Gasteiger partial charge in [-0.15, -0.1) is 11.3 Å². The maximum absolute atomic E-state index is 12.9. The molecule has 4 rings (SSSR count). The first-order valence-electron chi connectivity index (χ1n) is 10.0. The fraction of sp³-hybridized carbons (Fsp3) is 0.125. The number of Topliss-reactive ketones (excluding diaryl/α,β-unsaturated/α-hetero) is 1. The van der Waals surface area contributed by atoms with Crippen molar-refractivity contribution in [1.82, 2.24) is 15.1 Å². The number of esters is 1. The molecule has 1 N–H and O–H groups in total. The number of benzene rings is 2. The summed E-state index contributed by atoms with van der Waals surface area (Å²) in [6.07, 6.45) is 0. The number of carbonyl (C=O) groups is 3. The van der Waals surface area contributed by atoms with Crippen molar-refractivity contribution in [1.29, 1.82) is 0 Å². The van der Waals surface area contributed by atoms with E-state index in [0.29, 0.717) is 27.9 Å². The van der Waals surface area contributed by atoms with E-state index in [1.165, 1.54) is 18.3 Å². The van der Waals surface area contributed by atoms with Gasteiger partial charge in [0.25, 0.3) is 5.56 Å². The summed E-state index contributed by atoms with van der Waals surface area (Å²) < 4.78 is 6.41. The van der Waals surface area contributed by atoms with Gasteiger partial charge in [-0.1, -0.05) is 36.4 Å². The van der Waals surface area contributed by atoms with Crippen LogP contribution < -0.4 is 10.9 Å². The van der Waals surface area contributed by atoms with E-state index in [9.17, 15) is 19.2 Å². The summed E-state index contributed by atoms with van der Waals surface area (Å²) in [5.41, 5.74) is 0.0813. The number of rotatable bonds is 7. The van der Waals surface area contributed by atoms with Crippen LogP contribution in [0.3, 0.4) is 0 Å². The van der Waals surface area contributed by atoms with Crippen LogP contribution in [0.2, 0.25) is 0 Å². The smallest absolute Gasteiger partial charge is 0.359 e. The second kappa shape index (κ2) is 9.58. The van der Waals surface area contributed by atoms with Crippen molar-refractivity contribution in [3.05, 3.63) is 92.5 Å². The number of amides is 1. The second-order valence-corrected chi connectivity index (χ2v) is 8.29. The number of fused-ring (bicyclic) bond motifs is 1. The molecule has 0 saturated heterocycles. The van der Waals surface area contributed by atoms with Crippen LogP contribution in [0.25, 0.3) is 16.5 Å². The van der Waals surface area contributed by atoms with Crippen LogP contribution in [0.15, 0.2) is 71.5 Å². The molecule has 1 amide bonds. The summed E-state index contributed by atoms with van der Waals surface area (Å²) in [7, 11) is 0. The van der Waals surface area contributed by atoms with Gasteiger partial charge in [0.05, 0.1) is 22.5 Å². The number of thiophene rings is 1. The summed E-state index contributed by atoms with van der Waals surface area (Å²) in [4.78, 5) is 50.6. The molecular formula is C24H19N3O5S. The van der Waals surface area contributed by atoms with Crippen LogP contribution in [-0.2, 0) is 16.1 Å². The van der Waals surface area contributed by atoms with Crippen LogP contribution >= 0.6 is 11.3 Å². The summed E-state index contributed by atoms with van der Waals surface area (Å²) in [5, 5.41) is 7.58. The van der Waals surface area contributed by atoms with Gasteiger partial charge in [0.1, 0.15) is 0 Å². The molecule has 2 aromatic heterocycles. The third-order valence-corrected chi connectivity index (χ3v) is 5.91. The molecule has 33 heavy (non-hydrogen) atoms. The van der Waals surface area contributed by atoms with Gasteiger partial charge in [-0.25, -0.2) is 4.79 Å². The minimum atomic E-state index is -0.806. The predicted octanol–water partition coefficient (Wildman–Crippen LogP) is 3.12. The van der Waals surface area contributed by atoms with Gasteiger partial charge in [-0.2, -0.15) is 9.78 Å². The molecule has 0 atom stereocenters. The molecule has 0 radical (unpaired) electrons. The third-order valence-electron chi connectivity index (χ3n) is 4.78. The molecule has 0 unspecified atom stereocenters. The topological polar surface area (TPSA) is 107 Å². The van der Waals surface area contributed by atoms with Crippen molar-refractivity contribution in [2.24, 2.45) is 0 Å². The highest BCUT2D eigenvalue weighted by Gasteiger charge is 2.20. The van der Waals surface area contributed by atoms with E-state index < -0.39 is 12.6 Å². The summed E-state index contributed by atoms with van der Waals surface area (Å²) >= 11 is 1.22. The van der Waals surface area contributed by atoms with Crippen molar-refractivity contribution in [2.75, 3.05) is 6.61 Å². The van der Waals surface area contributed by atoms with Gasteiger partial charge in [0.2, 0.25) is 11.7 Å². The minimum absolute atomic E-state index is 0.0561. The highest BCUT2D eigenvalue weighted by molar-refractivity contribution is 7.14. The molecule has 0 spiro atoms. The van der Waals surface area contributed by atoms with Crippen molar-refractivity contribution in [3.63, 3.8) is 0 Å². The highest BCUT2D eigenvalue weighted by atomic mass is 32.1. The molecular weight excluding hydrogens is 442 g/mol. The summed E-state index contributed by atoms with van der Waals surface area (Å²) in [6, 6.07) is 18.7. The average Bonchev–Trinajstić information content (AvgIpc) is 3.31. The average molecular weight is 461 g/mol. The first kappa shape index (κ1) is 22.1. The van der Waals surface area contributed by atoms with E-state index in [0.717, 1.165) is 9.56 Å². The Labute approximate surface area is 192 Å². The third kappa shape index (κ3) is 4.88. The lowest BCUT2D eigenvalue weighted by atomic mass is 10.1. The van der Waals surface area contributed by atoms with Crippen molar-refractivity contribution in [2.45, 2.75) is 13.5 Å². The number of hydrogen-bond donors (Lipinski definition) is 1. The Kier molecular flexibility index (Phi) is 6.41. The zero-order chi connectivity index (χ0) is 23.4. The number of para-hydroxylation sites is 1. The Hall–Kier alpha value is -4.11. The molecule has 0 aliphatic rings. The molecule has 0 fully saturated rings. The number of nitrogens with one attached hydrogen (secondary N) is 1. The lowest BCUT2D eigenvalue weighted by Crippen LogP contribution is -2.25. The van der Waals surface area contributed by atoms with Crippen molar-refractivity contribution in [3.8, 4) is 5.69 Å². The quantitative estimate of drug-likeness (QED) is 0.335. The first-order chi connectivity index (χ1) is 15.9. The zero-order valence-electron chi connectivity index (χ0n) is 17.6. The summed E-state index contributed by atoms with van der Waals surface area (Å²) in [6.45, 7) is 1.27. The predicted molar refractivity (Wildman–Crippen MR) is 124 cm³/mol. The molecule has 166 valence electrons. The fourth-order valence-corrected chi connectivity index (χ4v) is 4.06. The maximum atomic E-state index is 12.9. The molecule has 4 aromatic rings. The van der Waals surface area contributed by atoms with Gasteiger partial charge < -0.3 is 10.1 Å². The number of nitrogens with zero attached hydrogens (tertiary/aromatic N) is 2. The number of ketones is 1. The van der Waals surface area contributed by atoms with Crippen LogP contribution in [0.5, 0.6) is 0 Å². The molecule has 0 aliphatic heterocycles. The second-order valence-electron chi connectivity index (χ2n) is 7.12. The largest absolute Gasteiger partial charge is 0.452 e. The monoisotopic (exact) mass is 461 g/mol. The number of ether oxygens (including phenoxy) is 1. The lowest BCUT2D eigenvalue weighted by molar-refractivity contribution is -0.119.